The molecular formula is C9H14N4O3S. The lowest BCUT2D eigenvalue weighted by atomic mass is 10.3. The average Bonchev–Trinajstić information content (AvgIpc) is 2.78. The van der Waals surface area contributed by atoms with Gasteiger partial charge in [0.25, 0.3) is 5.91 Å². The van der Waals surface area contributed by atoms with E-state index in [1.54, 1.807) is 12.3 Å². The van der Waals surface area contributed by atoms with Gasteiger partial charge in [0.05, 0.1) is 0 Å². The van der Waals surface area contributed by atoms with Gasteiger partial charge in [-0.15, -0.1) is 11.3 Å². The maximum Gasteiger partial charge on any atom is 0.275 e. The quantitative estimate of drug-likeness (QED) is 0.585. The lowest BCUT2D eigenvalue weighted by molar-refractivity contribution is -0.114. The van der Waals surface area contributed by atoms with Gasteiger partial charge in [0.15, 0.2) is 10.8 Å². The Morgan fingerprint density at radius 3 is 2.76 bits per heavy atom. The van der Waals surface area contributed by atoms with Gasteiger partial charge in [0.1, 0.15) is 19.1 Å². The summed E-state index contributed by atoms with van der Waals surface area (Å²) < 4.78 is 0. The Bertz CT molecular complexity index is 391. The summed E-state index contributed by atoms with van der Waals surface area (Å²) in [6, 6.07) is 0. The molecule has 0 saturated carbocycles. The molecule has 0 aliphatic rings. The van der Waals surface area contributed by atoms with Gasteiger partial charge in [-0.2, -0.15) is 0 Å². The molecule has 0 aromatic carbocycles. The van der Waals surface area contributed by atoms with Crippen LogP contribution in [0.3, 0.4) is 0 Å². The highest BCUT2D eigenvalue weighted by Crippen LogP contribution is 2.12. The van der Waals surface area contributed by atoms with Gasteiger partial charge in [-0.1, -0.05) is 5.16 Å². The van der Waals surface area contributed by atoms with Gasteiger partial charge < -0.3 is 20.7 Å². The number of aromatic nitrogens is 1. The molecule has 1 aromatic heterocycles. The zero-order valence-corrected chi connectivity index (χ0v) is 10.4. The van der Waals surface area contributed by atoms with Crippen molar-refractivity contribution in [3.8, 4) is 0 Å². The van der Waals surface area contributed by atoms with Gasteiger partial charge in [0, 0.05) is 12.4 Å². The lowest BCUT2D eigenvalue weighted by Crippen LogP contribution is -2.28. The molecule has 1 amide bonds. The number of nitrogens with zero attached hydrogens (tertiary/aromatic N) is 2. The van der Waals surface area contributed by atoms with Crippen molar-refractivity contribution in [2.24, 2.45) is 5.16 Å². The predicted molar refractivity (Wildman–Crippen MR) is 65.9 cm³/mol. The molecule has 0 atom stereocenters. The molecule has 0 aliphatic carbocycles. The third-order valence-electron chi connectivity index (χ3n) is 1.49. The Kier molecular flexibility index (Phi) is 7.27. The van der Waals surface area contributed by atoms with E-state index >= 15 is 0 Å². The van der Waals surface area contributed by atoms with Crippen molar-refractivity contribution < 1.29 is 14.4 Å². The van der Waals surface area contributed by atoms with E-state index in [2.05, 4.69) is 15.5 Å². The Morgan fingerprint density at radius 1 is 1.71 bits per heavy atom. The third-order valence-corrected chi connectivity index (χ3v) is 2.17. The van der Waals surface area contributed by atoms with Gasteiger partial charge in [0.2, 0.25) is 0 Å². The van der Waals surface area contributed by atoms with Crippen LogP contribution in [0.1, 0.15) is 12.6 Å². The predicted octanol–water partition coefficient (Wildman–Crippen LogP) is 0.0270. The fraction of sp³-hybridized carbons (Fsp3) is 0.333. The van der Waals surface area contributed by atoms with Crippen molar-refractivity contribution in [1.29, 1.82) is 0 Å². The first-order valence-corrected chi connectivity index (χ1v) is 5.49. The standard InChI is InChI=1S/C8H12N4O2S.CH2O/c1-3-14-12-6(7(13)10-2)5-4-15-8(9)11-5;1-2/h4H,3H2,1-2H3,(H2,9,11)(H,10,13);1H2/b12-6-;. The van der Waals surface area contributed by atoms with E-state index < -0.39 is 0 Å². The number of thiazole rings is 1. The third kappa shape index (κ3) is 4.60. The van der Waals surface area contributed by atoms with Gasteiger partial charge in [-0.25, -0.2) is 4.98 Å². The molecule has 0 aliphatic heterocycles. The van der Waals surface area contributed by atoms with Crippen LogP contribution in [0, 0.1) is 0 Å². The topological polar surface area (TPSA) is 107 Å². The van der Waals surface area contributed by atoms with Crippen molar-refractivity contribution in [2.45, 2.75) is 6.92 Å². The summed E-state index contributed by atoms with van der Waals surface area (Å²) in [4.78, 5) is 28.2. The van der Waals surface area contributed by atoms with Crippen LogP contribution < -0.4 is 11.1 Å². The molecule has 0 bridgehead atoms. The summed E-state index contributed by atoms with van der Waals surface area (Å²) in [5.41, 5.74) is 6.02. The molecule has 8 heteroatoms. The molecule has 7 nitrogen and oxygen atoms in total. The summed E-state index contributed by atoms with van der Waals surface area (Å²) in [7, 11) is 1.51. The van der Waals surface area contributed by atoms with Gasteiger partial charge >= 0.3 is 0 Å². The number of hydrogen-bond acceptors (Lipinski definition) is 7. The van der Waals surface area contributed by atoms with Crippen molar-refractivity contribution in [3.05, 3.63) is 11.1 Å². The van der Waals surface area contributed by atoms with Crippen molar-refractivity contribution in [3.63, 3.8) is 0 Å². The van der Waals surface area contributed by atoms with Crippen LogP contribution in [0.4, 0.5) is 5.13 Å². The smallest absolute Gasteiger partial charge is 0.275 e. The molecule has 3 N–H and O–H groups in total. The number of oxime groups is 1. The Hall–Kier alpha value is -1.96. The molecule has 1 aromatic rings. The number of nitrogen functional groups attached to an aromatic ring is 1. The van der Waals surface area contributed by atoms with E-state index in [4.69, 9.17) is 15.4 Å². The number of nitrogens with two attached hydrogens (primary N) is 1. The highest BCUT2D eigenvalue weighted by Gasteiger charge is 2.16. The first-order chi connectivity index (χ1) is 8.19. The molecule has 0 fully saturated rings. The molecule has 0 spiro atoms. The number of hydrogen-bond donors (Lipinski definition) is 2. The maximum absolute atomic E-state index is 11.4. The van der Waals surface area contributed by atoms with E-state index in [0.29, 0.717) is 17.4 Å². The summed E-state index contributed by atoms with van der Waals surface area (Å²) in [5.74, 6) is -0.353. The monoisotopic (exact) mass is 258 g/mol. The minimum Gasteiger partial charge on any atom is -0.395 e. The number of likely N-dealkylation sites (N-methyl/N-ethyl adjacent to an activating group) is 1. The van der Waals surface area contributed by atoms with Crippen molar-refractivity contribution in [2.75, 3.05) is 19.4 Å². The zero-order chi connectivity index (χ0) is 13.3. The fourth-order valence-corrected chi connectivity index (χ4v) is 1.40. The minimum atomic E-state index is -0.353. The van der Waals surface area contributed by atoms with E-state index in [1.807, 2.05) is 6.79 Å². The Labute approximate surface area is 103 Å². The SMILES string of the molecule is C=O.CCO/N=C(\C(=O)NC)c1csc(N)n1. The molecular weight excluding hydrogens is 244 g/mol. The largest absolute Gasteiger partial charge is 0.395 e. The number of nitrogens with one attached hydrogen (secondary N) is 1. The van der Waals surface area contributed by atoms with Crippen LogP contribution in [-0.4, -0.2) is 37.0 Å². The Balaban J connectivity index is 0.00000121. The number of carbonyl (C=O) groups is 2. The average molecular weight is 258 g/mol. The highest BCUT2D eigenvalue weighted by molar-refractivity contribution is 7.13. The maximum atomic E-state index is 11.4. The molecule has 0 saturated heterocycles. The number of amides is 1. The Morgan fingerprint density at radius 2 is 2.35 bits per heavy atom. The molecule has 1 heterocycles. The van der Waals surface area contributed by atoms with Gasteiger partial charge in [-0.3, -0.25) is 4.79 Å². The van der Waals surface area contributed by atoms with Crippen LogP contribution in [0.25, 0.3) is 0 Å². The van der Waals surface area contributed by atoms with E-state index in [1.165, 1.54) is 18.4 Å². The van der Waals surface area contributed by atoms with Crippen LogP contribution in [0.2, 0.25) is 0 Å². The summed E-state index contributed by atoms with van der Waals surface area (Å²) in [6.45, 7) is 4.17. The van der Waals surface area contributed by atoms with Crippen LogP contribution in [-0.2, 0) is 14.4 Å². The number of anilines is 1. The molecule has 17 heavy (non-hydrogen) atoms. The number of carbonyl (C=O) groups excluding carboxylic acids is 2. The first kappa shape index (κ1) is 15.0. The molecule has 1 rings (SSSR count). The fourth-order valence-electron chi connectivity index (χ4n) is 0.848. The van der Waals surface area contributed by atoms with Crippen molar-refractivity contribution >= 4 is 34.9 Å². The highest BCUT2D eigenvalue weighted by atomic mass is 32.1. The normalized spacial score (nSPS) is 10.1. The van der Waals surface area contributed by atoms with E-state index in [0.717, 1.165) is 0 Å². The second kappa shape index (κ2) is 8.22. The lowest BCUT2D eigenvalue weighted by Gasteiger charge is -2.01. The second-order valence-electron chi connectivity index (χ2n) is 2.51. The molecule has 94 valence electrons. The number of rotatable bonds is 4. The second-order valence-corrected chi connectivity index (χ2v) is 3.40. The summed E-state index contributed by atoms with van der Waals surface area (Å²) in [6.07, 6.45) is 0. The summed E-state index contributed by atoms with van der Waals surface area (Å²) in [5, 5.41) is 8.19. The summed E-state index contributed by atoms with van der Waals surface area (Å²) >= 11 is 1.24. The molecule has 0 radical (unpaired) electrons. The van der Waals surface area contributed by atoms with E-state index in [9.17, 15) is 4.79 Å². The van der Waals surface area contributed by atoms with Crippen LogP contribution >= 0.6 is 11.3 Å². The van der Waals surface area contributed by atoms with Crippen LogP contribution in [0.15, 0.2) is 10.5 Å². The first-order valence-electron chi connectivity index (χ1n) is 4.61. The zero-order valence-electron chi connectivity index (χ0n) is 9.60. The van der Waals surface area contributed by atoms with E-state index in [-0.39, 0.29) is 11.6 Å². The van der Waals surface area contributed by atoms with Crippen LogP contribution in [0.5, 0.6) is 0 Å². The molecule has 0 unspecified atom stereocenters. The van der Waals surface area contributed by atoms with Crippen molar-refractivity contribution in [1.82, 2.24) is 10.3 Å². The minimum absolute atomic E-state index is 0.132. The van der Waals surface area contributed by atoms with Gasteiger partial charge in [-0.05, 0) is 6.92 Å².